The molecule has 0 radical (unpaired) electrons. The molecule has 0 rings (SSSR count). The molecule has 0 bridgehead atoms. The average molecular weight is 264 g/mol. The lowest BCUT2D eigenvalue weighted by molar-refractivity contribution is -0.140. The van der Waals surface area contributed by atoms with Gasteiger partial charge >= 0.3 is 15.0 Å². The number of rotatable bonds is 9. The highest BCUT2D eigenvalue weighted by atomic mass is 28.4. The molecule has 17 heavy (non-hydrogen) atoms. The van der Waals surface area contributed by atoms with Gasteiger partial charge in [0, 0.05) is 26.4 Å². The topological polar surface area (TPSA) is 63.2 Å². The molecule has 6 nitrogen and oxygen atoms in total. The van der Waals surface area contributed by atoms with Crippen molar-refractivity contribution in [3.63, 3.8) is 0 Å². The van der Waals surface area contributed by atoms with E-state index in [1.165, 1.54) is 14.2 Å². The molecule has 0 aromatic carbocycles. The van der Waals surface area contributed by atoms with Crippen LogP contribution in [0.25, 0.3) is 0 Å². The Morgan fingerprint density at radius 2 is 1.76 bits per heavy atom. The predicted molar refractivity (Wildman–Crippen MR) is 63.1 cm³/mol. The van der Waals surface area contributed by atoms with Crippen molar-refractivity contribution in [1.82, 2.24) is 0 Å². The van der Waals surface area contributed by atoms with E-state index in [9.17, 15) is 4.79 Å². The van der Waals surface area contributed by atoms with Crippen molar-refractivity contribution >= 4 is 15.0 Å². The second-order valence-corrected chi connectivity index (χ2v) is 5.50. The van der Waals surface area contributed by atoms with Crippen molar-refractivity contribution < 1.29 is 27.2 Å². The quantitative estimate of drug-likeness (QED) is 0.267. The van der Waals surface area contributed by atoms with E-state index in [0.717, 1.165) is 0 Å². The van der Waals surface area contributed by atoms with Gasteiger partial charge in [0.05, 0.1) is 6.61 Å². The van der Waals surface area contributed by atoms with E-state index < -0.39 is 15.0 Å². The van der Waals surface area contributed by atoms with Crippen molar-refractivity contribution in [2.24, 2.45) is 0 Å². The Hall–Kier alpha value is -0.733. The summed E-state index contributed by atoms with van der Waals surface area (Å²) in [6.07, 6.45) is 0. The number of carbonyl (C=O) groups excluding carboxylic acids is 1. The molecule has 0 saturated heterocycles. The summed E-state index contributed by atoms with van der Waals surface area (Å²) in [6.45, 7) is 7.51. The molecule has 0 aliphatic carbocycles. The van der Waals surface area contributed by atoms with E-state index in [1.54, 1.807) is 6.92 Å². The fourth-order valence-electron chi connectivity index (χ4n) is 0.962. The maximum Gasteiger partial charge on any atom is 0.679 e. The Balaban J connectivity index is 3.98. The van der Waals surface area contributed by atoms with Gasteiger partial charge in [0.25, 0.3) is 0 Å². The fourth-order valence-corrected chi connectivity index (χ4v) is 2.37. The van der Waals surface area contributed by atoms with Gasteiger partial charge in [-0.2, -0.15) is 0 Å². The molecule has 0 N–H and O–H groups in total. The lowest BCUT2D eigenvalue weighted by atomic mass is 10.4. The minimum Gasteiger partial charge on any atom is -0.460 e. The summed E-state index contributed by atoms with van der Waals surface area (Å²) >= 11 is 0. The highest BCUT2D eigenvalue weighted by Gasteiger charge is 2.43. The minimum absolute atomic E-state index is 0.0975. The van der Waals surface area contributed by atoms with Crippen LogP contribution in [-0.4, -0.2) is 49.1 Å². The van der Waals surface area contributed by atoms with Crippen LogP contribution in [0, 0.1) is 0 Å². The van der Waals surface area contributed by atoms with Crippen LogP contribution in [0.1, 0.15) is 13.8 Å². The third-order valence-corrected chi connectivity index (χ3v) is 3.96. The monoisotopic (exact) mass is 264 g/mol. The van der Waals surface area contributed by atoms with Gasteiger partial charge < -0.3 is 22.4 Å². The van der Waals surface area contributed by atoms with Gasteiger partial charge in [-0.05, 0) is 13.8 Å². The van der Waals surface area contributed by atoms with Crippen molar-refractivity contribution in [1.29, 1.82) is 0 Å². The average Bonchev–Trinajstić information content (AvgIpc) is 2.32. The summed E-state index contributed by atoms with van der Waals surface area (Å²) in [5.74, 6) is -0.452. The normalized spacial score (nSPS) is 11.3. The largest absolute Gasteiger partial charge is 0.679 e. The molecule has 0 aliphatic rings. The van der Waals surface area contributed by atoms with Gasteiger partial charge in [-0.1, -0.05) is 6.58 Å². The zero-order chi connectivity index (χ0) is 13.3. The molecular weight excluding hydrogens is 244 g/mol. The van der Waals surface area contributed by atoms with Crippen LogP contribution in [0.2, 0.25) is 0 Å². The highest BCUT2D eigenvalue weighted by molar-refractivity contribution is 6.53. The summed E-state index contributed by atoms with van der Waals surface area (Å²) in [6, 6.07) is 0. The number of carbonyl (C=O) groups is 1. The molecule has 0 spiro atoms. The van der Waals surface area contributed by atoms with Gasteiger partial charge in [-0.25, -0.2) is 4.79 Å². The second kappa shape index (κ2) is 8.37. The fraction of sp³-hybridized carbons (Fsp3) is 0.700. The summed E-state index contributed by atoms with van der Waals surface area (Å²) < 4.78 is 25.7. The number of hydrogen-bond donors (Lipinski definition) is 0. The molecule has 100 valence electrons. The van der Waals surface area contributed by atoms with Gasteiger partial charge in [0.2, 0.25) is 0 Å². The Morgan fingerprint density at radius 3 is 2.18 bits per heavy atom. The summed E-state index contributed by atoms with van der Waals surface area (Å²) in [7, 11) is -0.157. The molecular formula is C10H20O6Si. The third-order valence-electron chi connectivity index (χ3n) is 1.76. The predicted octanol–water partition coefficient (Wildman–Crippen LogP) is 0.887. The smallest absolute Gasteiger partial charge is 0.460 e. The number of ether oxygens (including phenoxy) is 1. The van der Waals surface area contributed by atoms with E-state index in [1.807, 2.05) is 6.92 Å². The number of esters is 1. The number of hydrogen-bond acceptors (Lipinski definition) is 6. The second-order valence-electron chi connectivity index (χ2n) is 3.11. The summed E-state index contributed by atoms with van der Waals surface area (Å²) in [5.41, 5.74) is 0.344. The first-order chi connectivity index (χ1) is 8.01. The summed E-state index contributed by atoms with van der Waals surface area (Å²) in [5, 5.41) is 0. The van der Waals surface area contributed by atoms with E-state index in [2.05, 4.69) is 6.58 Å². The summed E-state index contributed by atoms with van der Waals surface area (Å²) in [4.78, 5) is 11.1. The maximum atomic E-state index is 11.1. The Morgan fingerprint density at radius 1 is 1.18 bits per heavy atom. The van der Waals surface area contributed by atoms with Crippen LogP contribution in [0.5, 0.6) is 0 Å². The van der Waals surface area contributed by atoms with Crippen LogP contribution >= 0.6 is 0 Å². The third kappa shape index (κ3) is 5.94. The molecule has 0 aromatic rings. The molecule has 0 unspecified atom stereocenters. The Bertz CT molecular complexity index is 251. The maximum absolute atomic E-state index is 11.1. The first-order valence-corrected chi connectivity index (χ1v) is 6.85. The van der Waals surface area contributed by atoms with E-state index in [-0.39, 0.29) is 13.2 Å². The lowest BCUT2D eigenvalue weighted by Crippen LogP contribution is -2.48. The standard InChI is InChI=1S/C10H20O6Si/c1-6-15-17(12-4,13-5)16-8-7-14-10(11)9(2)3/h2,6-8H2,1,3-5H3. The lowest BCUT2D eigenvalue weighted by Gasteiger charge is -2.24. The zero-order valence-electron chi connectivity index (χ0n) is 10.8. The van der Waals surface area contributed by atoms with Gasteiger partial charge in [0.15, 0.2) is 0 Å². The first-order valence-electron chi connectivity index (χ1n) is 5.22. The molecule has 0 saturated carbocycles. The molecule has 0 aliphatic heterocycles. The first kappa shape index (κ1) is 16.3. The molecule has 0 heterocycles. The molecule has 0 amide bonds. The van der Waals surface area contributed by atoms with Crippen LogP contribution in [0.4, 0.5) is 0 Å². The highest BCUT2D eigenvalue weighted by Crippen LogP contribution is 2.08. The van der Waals surface area contributed by atoms with Crippen molar-refractivity contribution in [3.8, 4) is 0 Å². The Kier molecular flexibility index (Phi) is 8.01. The van der Waals surface area contributed by atoms with Crippen molar-refractivity contribution in [3.05, 3.63) is 12.2 Å². The van der Waals surface area contributed by atoms with Crippen LogP contribution in [0.3, 0.4) is 0 Å². The molecule has 7 heteroatoms. The van der Waals surface area contributed by atoms with Crippen LogP contribution in [0.15, 0.2) is 12.2 Å². The zero-order valence-corrected chi connectivity index (χ0v) is 11.8. The molecule has 0 atom stereocenters. The van der Waals surface area contributed by atoms with Gasteiger partial charge in [-0.3, -0.25) is 0 Å². The van der Waals surface area contributed by atoms with Crippen LogP contribution in [-0.2, 0) is 27.2 Å². The van der Waals surface area contributed by atoms with Gasteiger partial charge in [0.1, 0.15) is 6.61 Å². The van der Waals surface area contributed by atoms with Crippen LogP contribution < -0.4 is 0 Å². The van der Waals surface area contributed by atoms with Crippen molar-refractivity contribution in [2.45, 2.75) is 13.8 Å². The van der Waals surface area contributed by atoms with E-state index >= 15 is 0 Å². The molecule has 0 fully saturated rings. The van der Waals surface area contributed by atoms with E-state index in [4.69, 9.17) is 22.4 Å². The van der Waals surface area contributed by atoms with Gasteiger partial charge in [-0.15, -0.1) is 0 Å². The van der Waals surface area contributed by atoms with Crippen molar-refractivity contribution in [2.75, 3.05) is 34.0 Å². The Labute approximate surface area is 103 Å². The SMILES string of the molecule is C=C(C)C(=O)OCCO[Si](OC)(OC)OCC. The molecule has 0 aromatic heterocycles. The minimum atomic E-state index is -3.06. The van der Waals surface area contributed by atoms with E-state index in [0.29, 0.717) is 12.2 Å².